The molecule has 104 valence electrons. The molecule has 3 heteroatoms. The number of hydrogen-bond acceptors (Lipinski definition) is 3. The van der Waals surface area contributed by atoms with Crippen LogP contribution in [0, 0.1) is 0 Å². The Morgan fingerprint density at radius 3 is 2.22 bits per heavy atom. The largest absolute Gasteiger partial charge is 0.306 e. The standard InChI is InChI=1S/C15H29N3/c1-12(2)16-14(4)13(3)11-18(6)15-7-9-17(5)10-8-15/h15H,7-11H2,1-6H3/b14-13+. The SMILES string of the molecule is CC(C)=N/C(C)=C(\C)CN(C)C1CCN(C)CC1. The zero-order valence-electron chi connectivity index (χ0n) is 13.0. The molecule has 18 heavy (non-hydrogen) atoms. The number of likely N-dealkylation sites (N-methyl/N-ethyl adjacent to an activating group) is 1. The van der Waals surface area contributed by atoms with E-state index in [-0.39, 0.29) is 0 Å². The average Bonchev–Trinajstić information content (AvgIpc) is 2.28. The minimum atomic E-state index is 0.732. The van der Waals surface area contributed by atoms with Gasteiger partial charge in [0.05, 0.1) is 0 Å². The first-order valence-electron chi connectivity index (χ1n) is 6.97. The predicted octanol–water partition coefficient (Wildman–Crippen LogP) is 2.79. The summed E-state index contributed by atoms with van der Waals surface area (Å²) in [7, 11) is 4.46. The summed E-state index contributed by atoms with van der Waals surface area (Å²) in [5.74, 6) is 0. The molecule has 0 saturated carbocycles. The third kappa shape index (κ3) is 4.91. The highest BCUT2D eigenvalue weighted by Gasteiger charge is 2.20. The van der Waals surface area contributed by atoms with Crippen LogP contribution in [0.5, 0.6) is 0 Å². The summed E-state index contributed by atoms with van der Waals surface area (Å²) in [6, 6.07) is 0.732. The molecule has 0 aliphatic carbocycles. The first kappa shape index (κ1) is 15.4. The topological polar surface area (TPSA) is 18.8 Å². The third-order valence-corrected chi connectivity index (χ3v) is 3.81. The van der Waals surface area contributed by atoms with Crippen molar-refractivity contribution in [2.75, 3.05) is 33.7 Å². The van der Waals surface area contributed by atoms with Crippen LogP contribution in [0.2, 0.25) is 0 Å². The Balaban J connectivity index is 2.54. The molecule has 0 aromatic heterocycles. The van der Waals surface area contributed by atoms with Crippen molar-refractivity contribution in [3.05, 3.63) is 11.3 Å². The van der Waals surface area contributed by atoms with Crippen molar-refractivity contribution in [2.45, 2.75) is 46.6 Å². The zero-order chi connectivity index (χ0) is 13.7. The minimum Gasteiger partial charge on any atom is -0.306 e. The van der Waals surface area contributed by atoms with Gasteiger partial charge in [0.15, 0.2) is 0 Å². The van der Waals surface area contributed by atoms with Gasteiger partial charge in [0.1, 0.15) is 0 Å². The second-order valence-corrected chi connectivity index (χ2v) is 5.87. The maximum Gasteiger partial charge on any atom is 0.0373 e. The minimum absolute atomic E-state index is 0.732. The first-order valence-corrected chi connectivity index (χ1v) is 6.97. The lowest BCUT2D eigenvalue weighted by Crippen LogP contribution is -2.42. The van der Waals surface area contributed by atoms with Crippen LogP contribution in [0.25, 0.3) is 0 Å². The van der Waals surface area contributed by atoms with Crippen molar-refractivity contribution in [3.63, 3.8) is 0 Å². The molecule has 0 bridgehead atoms. The molecular weight excluding hydrogens is 222 g/mol. The van der Waals surface area contributed by atoms with Gasteiger partial charge < -0.3 is 4.90 Å². The van der Waals surface area contributed by atoms with Crippen LogP contribution in [0.3, 0.4) is 0 Å². The van der Waals surface area contributed by atoms with Gasteiger partial charge in [0.25, 0.3) is 0 Å². The summed E-state index contributed by atoms with van der Waals surface area (Å²) >= 11 is 0. The summed E-state index contributed by atoms with van der Waals surface area (Å²) in [5, 5.41) is 0. The molecule has 3 nitrogen and oxygen atoms in total. The molecule has 0 N–H and O–H groups in total. The number of allylic oxidation sites excluding steroid dienone is 1. The lowest BCUT2D eigenvalue weighted by molar-refractivity contribution is 0.152. The second-order valence-electron chi connectivity index (χ2n) is 5.87. The first-order chi connectivity index (χ1) is 8.40. The number of likely N-dealkylation sites (tertiary alicyclic amines) is 1. The molecule has 1 aliphatic rings. The highest BCUT2D eigenvalue weighted by atomic mass is 15.2. The molecular formula is C15H29N3. The van der Waals surface area contributed by atoms with Crippen molar-refractivity contribution in [3.8, 4) is 0 Å². The molecule has 1 rings (SSSR count). The van der Waals surface area contributed by atoms with Gasteiger partial charge in [0.2, 0.25) is 0 Å². The van der Waals surface area contributed by atoms with Gasteiger partial charge in [-0.1, -0.05) is 0 Å². The van der Waals surface area contributed by atoms with Crippen LogP contribution in [-0.4, -0.2) is 55.3 Å². The van der Waals surface area contributed by atoms with E-state index in [1.165, 1.54) is 37.2 Å². The van der Waals surface area contributed by atoms with Crippen LogP contribution >= 0.6 is 0 Å². The molecule has 1 saturated heterocycles. The van der Waals surface area contributed by atoms with E-state index < -0.39 is 0 Å². The highest BCUT2D eigenvalue weighted by Crippen LogP contribution is 2.16. The Labute approximate surface area is 113 Å². The van der Waals surface area contributed by atoms with Crippen molar-refractivity contribution >= 4 is 5.71 Å². The fourth-order valence-electron chi connectivity index (χ4n) is 2.48. The van der Waals surface area contributed by atoms with Crippen molar-refractivity contribution < 1.29 is 0 Å². The van der Waals surface area contributed by atoms with Gasteiger partial charge in [-0.05, 0) is 73.3 Å². The molecule has 1 heterocycles. The Bertz CT molecular complexity index is 319. The van der Waals surface area contributed by atoms with E-state index in [1.54, 1.807) is 0 Å². The van der Waals surface area contributed by atoms with E-state index in [9.17, 15) is 0 Å². The predicted molar refractivity (Wildman–Crippen MR) is 80.3 cm³/mol. The van der Waals surface area contributed by atoms with Gasteiger partial charge in [-0.25, -0.2) is 0 Å². The molecule has 0 aromatic carbocycles. The number of piperidine rings is 1. The Morgan fingerprint density at radius 2 is 1.72 bits per heavy atom. The average molecular weight is 251 g/mol. The Hall–Kier alpha value is -0.670. The van der Waals surface area contributed by atoms with E-state index in [1.807, 2.05) is 0 Å². The summed E-state index contributed by atoms with van der Waals surface area (Å²) in [5.41, 5.74) is 3.70. The normalized spacial score (nSPS) is 19.9. The smallest absolute Gasteiger partial charge is 0.0373 e. The molecule has 0 aromatic rings. The maximum atomic E-state index is 4.55. The van der Waals surface area contributed by atoms with Crippen LogP contribution in [0.4, 0.5) is 0 Å². The van der Waals surface area contributed by atoms with E-state index in [2.05, 4.69) is 56.6 Å². The quantitative estimate of drug-likeness (QED) is 0.716. The Kier molecular flexibility index (Phi) is 6.03. The van der Waals surface area contributed by atoms with Crippen molar-refractivity contribution in [1.29, 1.82) is 0 Å². The summed E-state index contributed by atoms with van der Waals surface area (Å²) in [6.07, 6.45) is 2.57. The summed E-state index contributed by atoms with van der Waals surface area (Å²) in [4.78, 5) is 9.46. The van der Waals surface area contributed by atoms with Crippen LogP contribution in [0.15, 0.2) is 16.3 Å². The summed E-state index contributed by atoms with van der Waals surface area (Å²) < 4.78 is 0. The lowest BCUT2D eigenvalue weighted by atomic mass is 10.0. The zero-order valence-corrected chi connectivity index (χ0v) is 13.0. The van der Waals surface area contributed by atoms with E-state index in [4.69, 9.17) is 0 Å². The van der Waals surface area contributed by atoms with Gasteiger partial charge in [0, 0.05) is 24.0 Å². The van der Waals surface area contributed by atoms with Crippen molar-refractivity contribution in [2.24, 2.45) is 4.99 Å². The molecule has 0 atom stereocenters. The molecule has 0 radical (unpaired) electrons. The summed E-state index contributed by atoms with van der Waals surface area (Å²) in [6.45, 7) is 11.9. The van der Waals surface area contributed by atoms with Crippen LogP contribution < -0.4 is 0 Å². The number of hydrogen-bond donors (Lipinski definition) is 0. The number of rotatable bonds is 4. The van der Waals surface area contributed by atoms with Gasteiger partial charge in [-0.2, -0.15) is 0 Å². The number of nitrogens with zero attached hydrogens (tertiary/aromatic N) is 3. The molecule has 1 fully saturated rings. The van der Waals surface area contributed by atoms with Gasteiger partial charge in [-0.3, -0.25) is 9.89 Å². The highest BCUT2D eigenvalue weighted by molar-refractivity contribution is 5.80. The molecule has 0 unspecified atom stereocenters. The third-order valence-electron chi connectivity index (χ3n) is 3.81. The van der Waals surface area contributed by atoms with E-state index in [0.29, 0.717) is 0 Å². The number of aliphatic imine (C=N–C) groups is 1. The van der Waals surface area contributed by atoms with Gasteiger partial charge >= 0.3 is 0 Å². The van der Waals surface area contributed by atoms with E-state index >= 15 is 0 Å². The molecule has 0 spiro atoms. The maximum absolute atomic E-state index is 4.55. The monoisotopic (exact) mass is 251 g/mol. The fourth-order valence-corrected chi connectivity index (χ4v) is 2.48. The second kappa shape index (κ2) is 7.05. The van der Waals surface area contributed by atoms with Crippen molar-refractivity contribution in [1.82, 2.24) is 9.80 Å². The van der Waals surface area contributed by atoms with E-state index in [0.717, 1.165) is 18.3 Å². The molecule has 0 amide bonds. The van der Waals surface area contributed by atoms with Gasteiger partial charge in [-0.15, -0.1) is 0 Å². The lowest BCUT2D eigenvalue weighted by Gasteiger charge is -2.35. The van der Waals surface area contributed by atoms with Crippen LogP contribution in [-0.2, 0) is 0 Å². The Morgan fingerprint density at radius 1 is 1.17 bits per heavy atom. The van der Waals surface area contributed by atoms with Crippen LogP contribution in [0.1, 0.15) is 40.5 Å². The molecule has 1 aliphatic heterocycles. The fraction of sp³-hybridized carbons (Fsp3) is 0.800.